The number of carbonyl (C=O) groups excluding carboxylic acids is 1. The first-order valence-corrected chi connectivity index (χ1v) is 8.59. The molecule has 138 valence electrons. The number of nitrogens with zero attached hydrogens (tertiary/aromatic N) is 4. The van der Waals surface area contributed by atoms with Crippen LogP contribution in [0.5, 0.6) is 0 Å². The second-order valence-electron chi connectivity index (χ2n) is 5.35. The standard InChI is InChI=1S/C15H10ClN5O5S/c16-12-2-1-10(20(23)24)4-13(12)18-15(22)14-3-9(8-27-14)6-19-7-11(5-17-19)21(25)26/h1-5,7-8H,6H2,(H,18,22). The minimum absolute atomic E-state index is 0.122. The van der Waals surface area contributed by atoms with Crippen molar-refractivity contribution in [3.8, 4) is 0 Å². The van der Waals surface area contributed by atoms with Crippen molar-refractivity contribution >= 4 is 45.9 Å². The van der Waals surface area contributed by atoms with E-state index in [1.54, 1.807) is 11.4 Å². The molecule has 3 rings (SSSR count). The molecular formula is C15H10ClN5O5S. The molecular weight excluding hydrogens is 398 g/mol. The van der Waals surface area contributed by atoms with Crippen molar-refractivity contribution in [1.29, 1.82) is 0 Å². The van der Waals surface area contributed by atoms with Crippen LogP contribution in [0.15, 0.2) is 42.0 Å². The van der Waals surface area contributed by atoms with Gasteiger partial charge >= 0.3 is 5.69 Å². The summed E-state index contributed by atoms with van der Waals surface area (Å²) in [5.41, 5.74) is 0.548. The molecule has 0 unspecified atom stereocenters. The summed E-state index contributed by atoms with van der Waals surface area (Å²) in [6, 6.07) is 5.36. The number of amides is 1. The van der Waals surface area contributed by atoms with E-state index >= 15 is 0 Å². The lowest BCUT2D eigenvalue weighted by atomic mass is 10.2. The van der Waals surface area contributed by atoms with Crippen LogP contribution >= 0.6 is 22.9 Å². The van der Waals surface area contributed by atoms with E-state index in [1.165, 1.54) is 29.1 Å². The highest BCUT2D eigenvalue weighted by Crippen LogP contribution is 2.28. The third-order valence-electron chi connectivity index (χ3n) is 3.46. The predicted octanol–water partition coefficient (Wildman–Crippen LogP) is 3.72. The van der Waals surface area contributed by atoms with Crippen LogP contribution in [0.2, 0.25) is 5.02 Å². The average Bonchev–Trinajstić information content (AvgIpc) is 3.26. The molecule has 0 atom stereocenters. The van der Waals surface area contributed by atoms with Crippen molar-refractivity contribution in [2.24, 2.45) is 0 Å². The van der Waals surface area contributed by atoms with E-state index in [4.69, 9.17) is 11.6 Å². The molecule has 0 saturated heterocycles. The summed E-state index contributed by atoms with van der Waals surface area (Å²) in [6.07, 6.45) is 2.44. The van der Waals surface area contributed by atoms with Crippen LogP contribution in [0.4, 0.5) is 17.1 Å². The number of aromatic nitrogens is 2. The van der Waals surface area contributed by atoms with E-state index in [2.05, 4.69) is 10.4 Å². The fourth-order valence-corrected chi connectivity index (χ4v) is 3.17. The van der Waals surface area contributed by atoms with Crippen LogP contribution in [-0.4, -0.2) is 25.5 Å². The molecule has 0 fully saturated rings. The molecule has 0 saturated carbocycles. The number of benzene rings is 1. The normalized spacial score (nSPS) is 10.6. The fourth-order valence-electron chi connectivity index (χ4n) is 2.20. The smallest absolute Gasteiger partial charge is 0.307 e. The van der Waals surface area contributed by atoms with Crippen molar-refractivity contribution < 1.29 is 14.6 Å². The zero-order valence-corrected chi connectivity index (χ0v) is 14.9. The number of halogens is 1. The van der Waals surface area contributed by atoms with E-state index in [1.807, 2.05) is 0 Å². The molecule has 1 amide bonds. The molecule has 27 heavy (non-hydrogen) atoms. The molecule has 1 aromatic carbocycles. The first-order valence-electron chi connectivity index (χ1n) is 7.33. The highest BCUT2D eigenvalue weighted by atomic mass is 35.5. The number of nitro groups is 2. The Morgan fingerprint density at radius 2 is 1.96 bits per heavy atom. The molecule has 0 spiro atoms. The summed E-state index contributed by atoms with van der Waals surface area (Å²) < 4.78 is 1.39. The highest BCUT2D eigenvalue weighted by molar-refractivity contribution is 7.12. The second kappa shape index (κ2) is 7.51. The van der Waals surface area contributed by atoms with Crippen molar-refractivity contribution in [3.05, 3.63) is 77.7 Å². The van der Waals surface area contributed by atoms with Gasteiger partial charge in [0.1, 0.15) is 12.4 Å². The molecule has 10 nitrogen and oxygen atoms in total. The van der Waals surface area contributed by atoms with Crippen LogP contribution in [0.25, 0.3) is 0 Å². The molecule has 1 N–H and O–H groups in total. The molecule has 0 radical (unpaired) electrons. The zero-order valence-electron chi connectivity index (χ0n) is 13.4. The maximum atomic E-state index is 12.4. The van der Waals surface area contributed by atoms with Crippen molar-refractivity contribution in [1.82, 2.24) is 9.78 Å². The summed E-state index contributed by atoms with van der Waals surface area (Å²) in [5, 5.41) is 29.8. The Morgan fingerprint density at radius 1 is 1.22 bits per heavy atom. The molecule has 2 aromatic heterocycles. The molecule has 12 heteroatoms. The number of rotatable bonds is 6. The number of carbonyl (C=O) groups is 1. The number of hydrogen-bond acceptors (Lipinski definition) is 7. The van der Waals surface area contributed by atoms with Gasteiger partial charge in [0.2, 0.25) is 0 Å². The molecule has 0 aliphatic rings. The Balaban J connectivity index is 1.72. The first kappa shape index (κ1) is 18.5. The number of thiophene rings is 1. The first-order chi connectivity index (χ1) is 12.8. The van der Waals surface area contributed by atoms with Crippen LogP contribution in [0.3, 0.4) is 0 Å². The van der Waals surface area contributed by atoms with Gasteiger partial charge in [0.05, 0.1) is 32.0 Å². The van der Waals surface area contributed by atoms with Gasteiger partial charge in [-0.2, -0.15) is 5.10 Å². The predicted molar refractivity (Wildman–Crippen MR) is 98.4 cm³/mol. The van der Waals surface area contributed by atoms with Crippen LogP contribution < -0.4 is 5.32 Å². The molecule has 0 aliphatic heterocycles. The third kappa shape index (κ3) is 4.27. The van der Waals surface area contributed by atoms with E-state index in [0.29, 0.717) is 4.88 Å². The minimum atomic E-state index is -0.585. The van der Waals surface area contributed by atoms with Gasteiger partial charge in [-0.1, -0.05) is 11.6 Å². The summed E-state index contributed by atoms with van der Waals surface area (Å²) >= 11 is 7.13. The van der Waals surface area contributed by atoms with Gasteiger partial charge in [-0.15, -0.1) is 11.3 Å². The van der Waals surface area contributed by atoms with Gasteiger partial charge in [0, 0.05) is 12.1 Å². The Morgan fingerprint density at radius 3 is 2.63 bits per heavy atom. The fraction of sp³-hybridized carbons (Fsp3) is 0.0667. The quantitative estimate of drug-likeness (QED) is 0.489. The third-order valence-corrected chi connectivity index (χ3v) is 4.77. The summed E-state index contributed by atoms with van der Waals surface area (Å²) in [4.78, 5) is 33.1. The van der Waals surface area contributed by atoms with Gasteiger partial charge in [0.25, 0.3) is 11.6 Å². The SMILES string of the molecule is O=C(Nc1cc([N+](=O)[O-])ccc1Cl)c1cc(Cn2cc([N+](=O)[O-])cn2)cs1. The molecule has 2 heterocycles. The summed E-state index contributed by atoms with van der Waals surface area (Å²) in [7, 11) is 0. The number of anilines is 1. The van der Waals surface area contributed by atoms with Gasteiger partial charge < -0.3 is 5.32 Å². The number of non-ortho nitro benzene ring substituents is 1. The Bertz CT molecular complexity index is 1050. The maximum absolute atomic E-state index is 12.4. The van der Waals surface area contributed by atoms with Gasteiger partial charge in [-0.25, -0.2) is 0 Å². The van der Waals surface area contributed by atoms with Gasteiger partial charge in [-0.05, 0) is 23.1 Å². The minimum Gasteiger partial charge on any atom is -0.320 e. The van der Waals surface area contributed by atoms with Gasteiger partial charge in [-0.3, -0.25) is 29.7 Å². The highest BCUT2D eigenvalue weighted by Gasteiger charge is 2.15. The Labute approximate surface area is 160 Å². The Hall–Kier alpha value is -3.31. The summed E-state index contributed by atoms with van der Waals surface area (Å²) in [6.45, 7) is 0.259. The van der Waals surface area contributed by atoms with Crippen molar-refractivity contribution in [3.63, 3.8) is 0 Å². The topological polar surface area (TPSA) is 133 Å². The van der Waals surface area contributed by atoms with Crippen LogP contribution in [-0.2, 0) is 6.54 Å². The lowest BCUT2D eigenvalue weighted by Crippen LogP contribution is -2.11. The number of hydrogen-bond donors (Lipinski definition) is 1. The lowest BCUT2D eigenvalue weighted by Gasteiger charge is -2.05. The van der Waals surface area contributed by atoms with Crippen molar-refractivity contribution in [2.45, 2.75) is 6.54 Å². The van der Waals surface area contributed by atoms with E-state index < -0.39 is 15.8 Å². The maximum Gasteiger partial charge on any atom is 0.307 e. The molecule has 0 bridgehead atoms. The zero-order chi connectivity index (χ0) is 19.6. The van der Waals surface area contributed by atoms with E-state index in [0.717, 1.165) is 23.1 Å². The summed E-state index contributed by atoms with van der Waals surface area (Å²) in [5.74, 6) is -0.472. The van der Waals surface area contributed by atoms with Gasteiger partial charge in [0.15, 0.2) is 0 Å². The molecule has 3 aromatic rings. The lowest BCUT2D eigenvalue weighted by molar-refractivity contribution is -0.385. The van der Waals surface area contributed by atoms with E-state index in [-0.39, 0.29) is 28.6 Å². The average molecular weight is 408 g/mol. The van der Waals surface area contributed by atoms with Crippen molar-refractivity contribution in [2.75, 3.05) is 5.32 Å². The second-order valence-corrected chi connectivity index (χ2v) is 6.67. The van der Waals surface area contributed by atoms with E-state index in [9.17, 15) is 25.0 Å². The van der Waals surface area contributed by atoms with Crippen LogP contribution in [0, 0.1) is 20.2 Å². The number of nitro benzene ring substituents is 1. The number of nitrogens with one attached hydrogen (secondary N) is 1. The largest absolute Gasteiger partial charge is 0.320 e. The monoisotopic (exact) mass is 407 g/mol. The molecule has 0 aliphatic carbocycles. The Kier molecular flexibility index (Phi) is 5.14. The van der Waals surface area contributed by atoms with Crippen LogP contribution in [0.1, 0.15) is 15.2 Å².